The third-order valence-corrected chi connectivity index (χ3v) is 5.59. The van der Waals surface area contributed by atoms with Crippen LogP contribution in [-0.4, -0.2) is 26.8 Å². The van der Waals surface area contributed by atoms with Crippen molar-refractivity contribution in [2.24, 2.45) is 0 Å². The van der Waals surface area contributed by atoms with Crippen LogP contribution in [0.3, 0.4) is 0 Å². The summed E-state index contributed by atoms with van der Waals surface area (Å²) in [6.07, 6.45) is 0. The van der Waals surface area contributed by atoms with E-state index in [1.165, 1.54) is 18.4 Å². The molecule has 0 bridgehead atoms. The third kappa shape index (κ3) is 3.12. The van der Waals surface area contributed by atoms with Crippen molar-refractivity contribution in [2.75, 3.05) is 25.1 Å². The first-order valence-corrected chi connectivity index (χ1v) is 8.31. The molecule has 0 aliphatic heterocycles. The monoisotopic (exact) mass is 311 g/mol. The Bertz CT molecular complexity index is 693. The highest BCUT2D eigenvalue weighted by Crippen LogP contribution is 2.22. The maximum absolute atomic E-state index is 12.1. The fraction of sp³-hybridized carbons (Fsp3) is 0.231. The standard InChI is InChI=1S/C13H17N3O2S2/c1-16(2)20(17,18)11-5-3-4-10(8-11)15-9-13-12(14)6-7-19-13/h3-8,15H,9,14H2,1-2H3. The summed E-state index contributed by atoms with van der Waals surface area (Å²) in [6, 6.07) is 8.61. The first-order chi connectivity index (χ1) is 9.41. The fourth-order valence-corrected chi connectivity index (χ4v) is 3.34. The van der Waals surface area contributed by atoms with Gasteiger partial charge >= 0.3 is 0 Å². The smallest absolute Gasteiger partial charge is 0.242 e. The van der Waals surface area contributed by atoms with E-state index in [4.69, 9.17) is 5.73 Å². The Balaban J connectivity index is 2.17. The summed E-state index contributed by atoms with van der Waals surface area (Å²) in [5.74, 6) is 0. The molecule has 1 heterocycles. The van der Waals surface area contributed by atoms with Crippen LogP contribution in [0.15, 0.2) is 40.6 Å². The number of benzene rings is 1. The Labute approximate surface area is 123 Å². The first-order valence-electron chi connectivity index (χ1n) is 5.99. The topological polar surface area (TPSA) is 75.4 Å². The average Bonchev–Trinajstić information content (AvgIpc) is 2.82. The number of thiophene rings is 1. The number of nitrogens with one attached hydrogen (secondary N) is 1. The van der Waals surface area contributed by atoms with Crippen LogP contribution >= 0.6 is 11.3 Å². The summed E-state index contributed by atoms with van der Waals surface area (Å²) >= 11 is 1.57. The molecule has 108 valence electrons. The lowest BCUT2D eigenvalue weighted by Gasteiger charge is -2.13. The van der Waals surface area contributed by atoms with Crippen molar-refractivity contribution in [3.8, 4) is 0 Å². The van der Waals surface area contributed by atoms with E-state index < -0.39 is 10.0 Å². The van der Waals surface area contributed by atoms with E-state index in [-0.39, 0.29) is 4.90 Å². The predicted octanol–water partition coefficient (Wildman–Crippen LogP) is 2.19. The zero-order valence-electron chi connectivity index (χ0n) is 11.3. The quantitative estimate of drug-likeness (QED) is 0.887. The Morgan fingerprint density at radius 1 is 1.30 bits per heavy atom. The second-order valence-electron chi connectivity index (χ2n) is 4.47. The molecule has 0 atom stereocenters. The number of sulfonamides is 1. The van der Waals surface area contributed by atoms with Crippen LogP contribution < -0.4 is 11.1 Å². The molecule has 5 nitrogen and oxygen atoms in total. The van der Waals surface area contributed by atoms with Crippen molar-refractivity contribution < 1.29 is 8.42 Å². The molecule has 0 unspecified atom stereocenters. The van der Waals surface area contributed by atoms with Crippen molar-refractivity contribution >= 4 is 32.7 Å². The van der Waals surface area contributed by atoms with Crippen molar-refractivity contribution in [3.63, 3.8) is 0 Å². The van der Waals surface area contributed by atoms with E-state index in [9.17, 15) is 8.42 Å². The summed E-state index contributed by atoms with van der Waals surface area (Å²) < 4.78 is 25.3. The van der Waals surface area contributed by atoms with Gasteiger partial charge in [-0.2, -0.15) is 0 Å². The van der Waals surface area contributed by atoms with Gasteiger partial charge in [-0.3, -0.25) is 0 Å². The van der Waals surface area contributed by atoms with Crippen LogP contribution in [0.5, 0.6) is 0 Å². The molecule has 1 aromatic carbocycles. The van der Waals surface area contributed by atoms with Gasteiger partial charge < -0.3 is 11.1 Å². The van der Waals surface area contributed by atoms with Crippen LogP contribution in [0.2, 0.25) is 0 Å². The van der Waals surface area contributed by atoms with Gasteiger partial charge in [-0.1, -0.05) is 6.07 Å². The molecule has 0 radical (unpaired) electrons. The van der Waals surface area contributed by atoms with E-state index in [1.807, 2.05) is 17.5 Å². The van der Waals surface area contributed by atoms with Crippen LogP contribution in [-0.2, 0) is 16.6 Å². The summed E-state index contributed by atoms with van der Waals surface area (Å²) in [4.78, 5) is 1.30. The molecule has 0 aliphatic rings. The van der Waals surface area contributed by atoms with Gasteiger partial charge in [-0.15, -0.1) is 11.3 Å². The molecule has 1 aromatic heterocycles. The molecule has 0 saturated carbocycles. The van der Waals surface area contributed by atoms with Gasteiger partial charge in [-0.05, 0) is 29.6 Å². The normalized spacial score (nSPS) is 11.8. The van der Waals surface area contributed by atoms with Crippen molar-refractivity contribution in [1.82, 2.24) is 4.31 Å². The van der Waals surface area contributed by atoms with Gasteiger partial charge in [0.15, 0.2) is 0 Å². The largest absolute Gasteiger partial charge is 0.398 e. The zero-order valence-corrected chi connectivity index (χ0v) is 13.0. The summed E-state index contributed by atoms with van der Waals surface area (Å²) in [6.45, 7) is 0.578. The number of anilines is 2. The maximum Gasteiger partial charge on any atom is 0.242 e. The van der Waals surface area contributed by atoms with Gasteiger partial charge in [0.2, 0.25) is 10.0 Å². The molecule has 3 N–H and O–H groups in total. The van der Waals surface area contributed by atoms with Crippen molar-refractivity contribution in [2.45, 2.75) is 11.4 Å². The van der Waals surface area contributed by atoms with Gasteiger partial charge in [0.1, 0.15) is 0 Å². The Hall–Kier alpha value is -1.57. The van der Waals surface area contributed by atoms with Crippen LogP contribution in [0.4, 0.5) is 11.4 Å². The number of hydrogen-bond acceptors (Lipinski definition) is 5. The van der Waals surface area contributed by atoms with E-state index in [0.717, 1.165) is 16.3 Å². The highest BCUT2D eigenvalue weighted by Gasteiger charge is 2.17. The lowest BCUT2D eigenvalue weighted by atomic mass is 10.3. The number of nitrogens with two attached hydrogens (primary N) is 1. The Morgan fingerprint density at radius 3 is 2.65 bits per heavy atom. The van der Waals surface area contributed by atoms with Gasteiger partial charge in [0.25, 0.3) is 0 Å². The Morgan fingerprint density at radius 2 is 2.05 bits per heavy atom. The van der Waals surface area contributed by atoms with E-state index >= 15 is 0 Å². The molecular weight excluding hydrogens is 294 g/mol. The van der Waals surface area contributed by atoms with Crippen LogP contribution in [0.1, 0.15) is 4.88 Å². The Kier molecular flexibility index (Phi) is 4.32. The summed E-state index contributed by atoms with van der Waals surface area (Å²) in [7, 11) is -0.377. The third-order valence-electron chi connectivity index (χ3n) is 2.85. The van der Waals surface area contributed by atoms with E-state index in [1.54, 1.807) is 29.5 Å². The highest BCUT2D eigenvalue weighted by molar-refractivity contribution is 7.89. The van der Waals surface area contributed by atoms with E-state index in [2.05, 4.69) is 5.32 Å². The molecular formula is C13H17N3O2S2. The molecule has 20 heavy (non-hydrogen) atoms. The molecule has 2 rings (SSSR count). The maximum atomic E-state index is 12.1. The number of nitrogens with zero attached hydrogens (tertiary/aromatic N) is 1. The minimum absolute atomic E-state index is 0.270. The minimum Gasteiger partial charge on any atom is -0.398 e. The molecule has 0 saturated heterocycles. The second kappa shape index (κ2) is 5.82. The molecule has 2 aromatic rings. The molecule has 0 spiro atoms. The van der Waals surface area contributed by atoms with Crippen molar-refractivity contribution in [1.29, 1.82) is 0 Å². The second-order valence-corrected chi connectivity index (χ2v) is 7.62. The van der Waals surface area contributed by atoms with Gasteiger partial charge in [0, 0.05) is 30.3 Å². The van der Waals surface area contributed by atoms with Gasteiger partial charge in [0.05, 0.1) is 11.4 Å². The lowest BCUT2D eigenvalue weighted by molar-refractivity contribution is 0.521. The van der Waals surface area contributed by atoms with Crippen LogP contribution in [0.25, 0.3) is 0 Å². The predicted molar refractivity (Wildman–Crippen MR) is 83.4 cm³/mol. The minimum atomic E-state index is -3.41. The highest BCUT2D eigenvalue weighted by atomic mass is 32.2. The summed E-state index contributed by atoms with van der Waals surface area (Å²) in [5.41, 5.74) is 7.31. The molecule has 0 aliphatic carbocycles. The number of hydrogen-bond donors (Lipinski definition) is 2. The van der Waals surface area contributed by atoms with E-state index in [0.29, 0.717) is 6.54 Å². The fourth-order valence-electron chi connectivity index (χ4n) is 1.65. The first kappa shape index (κ1) is 14.8. The SMILES string of the molecule is CN(C)S(=O)(=O)c1cccc(NCc2sccc2N)c1. The average molecular weight is 311 g/mol. The molecule has 7 heteroatoms. The van der Waals surface area contributed by atoms with Gasteiger partial charge in [-0.25, -0.2) is 12.7 Å². The van der Waals surface area contributed by atoms with Crippen LogP contribution in [0, 0.1) is 0 Å². The zero-order chi connectivity index (χ0) is 14.8. The number of rotatable bonds is 5. The molecule has 0 amide bonds. The summed E-state index contributed by atoms with van der Waals surface area (Å²) in [5, 5.41) is 5.12. The van der Waals surface area contributed by atoms with Crippen molar-refractivity contribution in [3.05, 3.63) is 40.6 Å². The lowest BCUT2D eigenvalue weighted by Crippen LogP contribution is -2.22. The number of nitrogen functional groups attached to an aromatic ring is 1. The molecule has 0 fully saturated rings.